The van der Waals surface area contributed by atoms with Crippen LogP contribution in [0.2, 0.25) is 0 Å². The lowest BCUT2D eigenvalue weighted by atomic mass is 10.1. The molecule has 0 radical (unpaired) electrons. The molecule has 148 valence electrons. The fourth-order valence-electron chi connectivity index (χ4n) is 3.55. The fraction of sp³-hybridized carbons (Fsp3) is 0.278. The Hall–Kier alpha value is -3.41. The van der Waals surface area contributed by atoms with E-state index in [0.717, 1.165) is 0 Å². The van der Waals surface area contributed by atoms with Crippen molar-refractivity contribution in [1.29, 1.82) is 0 Å². The maximum absolute atomic E-state index is 12.4. The van der Waals surface area contributed by atoms with Gasteiger partial charge in [0, 0.05) is 6.42 Å². The zero-order valence-electron chi connectivity index (χ0n) is 15.0. The molecule has 0 saturated carbocycles. The normalized spacial score (nSPS) is 23.9. The number of anilines is 1. The number of ether oxygens (including phenoxy) is 1. The molecule has 11 heteroatoms. The van der Waals surface area contributed by atoms with Crippen molar-refractivity contribution in [3.8, 4) is 0 Å². The SMILES string of the molecule is Nc1ncnc2c1ncn2[C@H]1CC(O)[C@@H](CON2C(=O)c3ccccc3C2=O)O1. The zero-order valence-corrected chi connectivity index (χ0v) is 15.0. The number of fused-ring (bicyclic) bond motifs is 2. The number of aromatic nitrogens is 4. The Balaban J connectivity index is 1.29. The van der Waals surface area contributed by atoms with E-state index in [9.17, 15) is 14.7 Å². The van der Waals surface area contributed by atoms with Crippen molar-refractivity contribution in [2.24, 2.45) is 0 Å². The maximum atomic E-state index is 12.4. The lowest BCUT2D eigenvalue weighted by Gasteiger charge is -2.19. The number of imide groups is 1. The second kappa shape index (κ2) is 6.58. The molecule has 0 spiro atoms. The maximum Gasteiger partial charge on any atom is 0.285 e. The van der Waals surface area contributed by atoms with Crippen LogP contribution in [0.15, 0.2) is 36.9 Å². The van der Waals surface area contributed by atoms with Gasteiger partial charge in [-0.15, -0.1) is 5.06 Å². The number of aliphatic hydroxyl groups is 1. The van der Waals surface area contributed by atoms with Crippen molar-refractivity contribution in [2.75, 3.05) is 12.3 Å². The summed E-state index contributed by atoms with van der Waals surface area (Å²) in [6.07, 6.45) is 0.920. The molecule has 3 aromatic rings. The van der Waals surface area contributed by atoms with Gasteiger partial charge >= 0.3 is 0 Å². The van der Waals surface area contributed by atoms with E-state index in [1.807, 2.05) is 0 Å². The van der Waals surface area contributed by atoms with E-state index in [1.54, 1.807) is 28.8 Å². The highest BCUT2D eigenvalue weighted by Crippen LogP contribution is 2.32. The standard InChI is InChI=1S/C18H16N6O5/c19-15-14-16(21-7-20-15)23(8-22-14)13-5-11(25)12(29-13)6-28-24-17(26)9-3-1-2-4-10(9)18(24)27/h1-4,7-8,11-13,25H,5-6H2,(H2,19,20,21)/t11?,12-,13-/m1/s1. The number of aliphatic hydroxyl groups excluding tert-OH is 1. The van der Waals surface area contributed by atoms with E-state index in [1.165, 1.54) is 12.7 Å². The smallest absolute Gasteiger partial charge is 0.285 e. The lowest BCUT2D eigenvalue weighted by molar-refractivity contribution is -0.140. The molecule has 1 fully saturated rings. The van der Waals surface area contributed by atoms with Crippen LogP contribution in [0.5, 0.6) is 0 Å². The van der Waals surface area contributed by atoms with Crippen LogP contribution < -0.4 is 5.73 Å². The van der Waals surface area contributed by atoms with Crippen molar-refractivity contribution >= 4 is 28.8 Å². The van der Waals surface area contributed by atoms with Crippen LogP contribution in [0.4, 0.5) is 5.82 Å². The number of nitrogen functional groups attached to an aromatic ring is 1. The van der Waals surface area contributed by atoms with Gasteiger partial charge in [-0.05, 0) is 12.1 Å². The van der Waals surface area contributed by atoms with Crippen molar-refractivity contribution in [1.82, 2.24) is 24.6 Å². The minimum absolute atomic E-state index is 0.174. The number of benzene rings is 1. The Morgan fingerprint density at radius 3 is 2.62 bits per heavy atom. The molecule has 29 heavy (non-hydrogen) atoms. The summed E-state index contributed by atoms with van der Waals surface area (Å²) in [5, 5.41) is 11.1. The molecule has 1 aromatic carbocycles. The van der Waals surface area contributed by atoms with Gasteiger partial charge in [-0.25, -0.2) is 15.0 Å². The van der Waals surface area contributed by atoms with Gasteiger partial charge in [-0.1, -0.05) is 12.1 Å². The molecular formula is C18H16N6O5. The van der Waals surface area contributed by atoms with Crippen molar-refractivity contribution < 1.29 is 24.3 Å². The van der Waals surface area contributed by atoms with Crippen LogP contribution in [0.3, 0.4) is 0 Å². The van der Waals surface area contributed by atoms with Gasteiger partial charge in [0.15, 0.2) is 11.5 Å². The molecule has 0 aliphatic carbocycles. The summed E-state index contributed by atoms with van der Waals surface area (Å²) >= 11 is 0. The number of hydrogen-bond acceptors (Lipinski definition) is 9. The highest BCUT2D eigenvalue weighted by molar-refractivity contribution is 6.20. The number of carbonyl (C=O) groups excluding carboxylic acids is 2. The average molecular weight is 396 g/mol. The van der Waals surface area contributed by atoms with Crippen molar-refractivity contribution in [3.63, 3.8) is 0 Å². The summed E-state index contributed by atoms with van der Waals surface area (Å²) in [5.74, 6) is -0.831. The average Bonchev–Trinajstić information content (AvgIpc) is 3.38. The summed E-state index contributed by atoms with van der Waals surface area (Å²) in [6, 6.07) is 6.47. The number of hydrogen-bond donors (Lipinski definition) is 2. The van der Waals surface area contributed by atoms with Gasteiger partial charge in [0.2, 0.25) is 0 Å². The van der Waals surface area contributed by atoms with Gasteiger partial charge in [0.05, 0.1) is 23.6 Å². The molecule has 1 saturated heterocycles. The number of imidazole rings is 1. The lowest BCUT2D eigenvalue weighted by Crippen LogP contribution is -2.36. The number of hydroxylamine groups is 2. The topological polar surface area (TPSA) is 146 Å². The van der Waals surface area contributed by atoms with Crippen molar-refractivity contribution in [3.05, 3.63) is 48.0 Å². The van der Waals surface area contributed by atoms with Crippen LogP contribution in [0.1, 0.15) is 33.4 Å². The first-order chi connectivity index (χ1) is 14.0. The van der Waals surface area contributed by atoms with Gasteiger partial charge in [-0.2, -0.15) is 0 Å². The predicted molar refractivity (Wildman–Crippen MR) is 97.2 cm³/mol. The van der Waals surface area contributed by atoms with Crippen molar-refractivity contribution in [2.45, 2.75) is 24.9 Å². The molecule has 4 heterocycles. The molecule has 1 unspecified atom stereocenters. The number of amides is 2. The summed E-state index contributed by atoms with van der Waals surface area (Å²) in [4.78, 5) is 42.4. The molecule has 2 aliphatic rings. The molecule has 2 aliphatic heterocycles. The minimum atomic E-state index is -0.869. The van der Waals surface area contributed by atoms with Gasteiger partial charge in [0.25, 0.3) is 11.8 Å². The number of rotatable bonds is 4. The molecule has 2 aromatic heterocycles. The van der Waals surface area contributed by atoms with E-state index in [-0.39, 0.29) is 30.0 Å². The fourth-order valence-corrected chi connectivity index (χ4v) is 3.55. The quantitative estimate of drug-likeness (QED) is 0.594. The third-order valence-corrected chi connectivity index (χ3v) is 5.03. The molecule has 5 rings (SSSR count). The largest absolute Gasteiger partial charge is 0.390 e. The Morgan fingerprint density at radius 2 is 1.90 bits per heavy atom. The summed E-state index contributed by atoms with van der Waals surface area (Å²) < 4.78 is 7.52. The first-order valence-corrected chi connectivity index (χ1v) is 8.92. The molecule has 3 atom stereocenters. The van der Waals surface area contributed by atoms with E-state index in [2.05, 4.69) is 15.0 Å². The summed E-state index contributed by atoms with van der Waals surface area (Å²) in [6.45, 7) is -0.174. The monoisotopic (exact) mass is 396 g/mol. The van der Waals surface area contributed by atoms with Crippen LogP contribution in [-0.4, -0.2) is 60.3 Å². The second-order valence-corrected chi connectivity index (χ2v) is 6.76. The predicted octanol–water partition coefficient (Wildman–Crippen LogP) is 0.285. The van der Waals surface area contributed by atoms with Crippen LogP contribution >= 0.6 is 0 Å². The molecule has 11 nitrogen and oxygen atoms in total. The second-order valence-electron chi connectivity index (χ2n) is 6.76. The third kappa shape index (κ3) is 2.75. The van der Waals surface area contributed by atoms with Gasteiger partial charge < -0.3 is 15.6 Å². The Kier molecular flexibility index (Phi) is 4.01. The highest BCUT2D eigenvalue weighted by Gasteiger charge is 2.40. The molecular weight excluding hydrogens is 380 g/mol. The van der Waals surface area contributed by atoms with Gasteiger partial charge in [-0.3, -0.25) is 19.0 Å². The van der Waals surface area contributed by atoms with E-state index in [4.69, 9.17) is 15.3 Å². The van der Waals surface area contributed by atoms with Crippen LogP contribution in [0.25, 0.3) is 11.2 Å². The summed E-state index contributed by atoms with van der Waals surface area (Å²) in [5.41, 5.74) is 7.29. The first kappa shape index (κ1) is 17.7. The highest BCUT2D eigenvalue weighted by atomic mass is 16.7. The number of nitrogens with zero attached hydrogens (tertiary/aromatic N) is 5. The molecule has 3 N–H and O–H groups in total. The Morgan fingerprint density at radius 1 is 1.17 bits per heavy atom. The minimum Gasteiger partial charge on any atom is -0.390 e. The molecule has 2 amide bonds. The van der Waals surface area contributed by atoms with Gasteiger partial charge in [0.1, 0.15) is 30.8 Å². The Bertz CT molecular complexity index is 1100. The number of nitrogens with two attached hydrogens (primary N) is 1. The molecule has 0 bridgehead atoms. The Labute approximate surface area is 163 Å². The van der Waals surface area contributed by atoms with E-state index < -0.39 is 30.3 Å². The van der Waals surface area contributed by atoms with E-state index in [0.29, 0.717) is 16.2 Å². The zero-order chi connectivity index (χ0) is 20.1. The van der Waals surface area contributed by atoms with E-state index >= 15 is 0 Å². The first-order valence-electron chi connectivity index (χ1n) is 8.92. The number of carbonyl (C=O) groups is 2. The third-order valence-electron chi connectivity index (χ3n) is 5.03. The summed E-state index contributed by atoms with van der Waals surface area (Å²) in [7, 11) is 0. The van der Waals surface area contributed by atoms with Crippen LogP contribution in [0, 0.1) is 0 Å². The van der Waals surface area contributed by atoms with Crippen LogP contribution in [-0.2, 0) is 9.57 Å².